The Bertz CT molecular complexity index is 5530. The number of nitrogens with zero attached hydrogens (tertiary/aromatic N) is 6. The van der Waals surface area contributed by atoms with E-state index in [0.29, 0.717) is 0 Å². The van der Waals surface area contributed by atoms with Crippen LogP contribution in [-0.4, -0.2) is 33.3 Å². The van der Waals surface area contributed by atoms with Gasteiger partial charge in [0.25, 0.3) is 0 Å². The lowest BCUT2D eigenvalue weighted by Crippen LogP contribution is -2.22. The fourth-order valence-corrected chi connectivity index (χ4v) is 15.9. The molecule has 0 bridgehead atoms. The zero-order valence-corrected chi connectivity index (χ0v) is 63.3. The first-order valence-electron chi connectivity index (χ1n) is 38.1. The van der Waals surface area contributed by atoms with Crippen LogP contribution in [0.4, 0.5) is 68.2 Å². The van der Waals surface area contributed by atoms with Crippen molar-refractivity contribution in [2.75, 3.05) is 62.7 Å². The molecule has 0 spiro atoms. The number of para-hydroxylation sites is 6. The quantitative estimate of drug-likeness (QED) is 0.107. The highest BCUT2D eigenvalue weighted by Gasteiger charge is 2.31. The fourth-order valence-electron chi connectivity index (χ4n) is 15.9. The van der Waals surface area contributed by atoms with Crippen molar-refractivity contribution in [2.24, 2.45) is 0 Å². The Morgan fingerprint density at radius 2 is 0.609 bits per heavy atom. The van der Waals surface area contributed by atoms with Crippen LogP contribution in [0.25, 0.3) is 102 Å². The molecular weight excluding hydrogens is 1340 g/mol. The molecule has 4 aliphatic rings. The van der Waals surface area contributed by atoms with E-state index in [2.05, 4.69) is 411 Å². The van der Waals surface area contributed by atoms with Crippen LogP contribution in [0.2, 0.25) is 0 Å². The van der Waals surface area contributed by atoms with Gasteiger partial charge in [-0.05, 0) is 192 Å². The van der Waals surface area contributed by atoms with Gasteiger partial charge in [-0.15, -0.1) is 0 Å². The van der Waals surface area contributed by atoms with Crippen molar-refractivity contribution in [2.45, 2.75) is 27.7 Å². The Hall–Kier alpha value is -13.6. The SMILES string of the molecule is C=CN1c2ccccc2-c2ccccc2-c2ccccc21.C=CN1c2ccccc2C=Cc2ccccc21.C=Cc1ccc(-c2ccc(N3c4ccc(N(CC)CC)cc4-c4ccccc4-c4cc(N(CC)CC)ccc43)cc2)cc1.C=Cc1ccc(N2c3ccccc3-c3cccc(OC)c3-c3ccccc32)cc1. The number of hydrogen-bond donors (Lipinski definition) is 0. The molecule has 0 radical (unpaired) electrons. The zero-order chi connectivity index (χ0) is 75.6. The number of rotatable bonds is 14. The van der Waals surface area contributed by atoms with Crippen LogP contribution in [0.5, 0.6) is 5.75 Å². The van der Waals surface area contributed by atoms with E-state index in [1.807, 2.05) is 30.6 Å². The summed E-state index contributed by atoms with van der Waals surface area (Å²) in [6.07, 6.45) is 11.8. The van der Waals surface area contributed by atoms with Gasteiger partial charge < -0.3 is 34.1 Å². The van der Waals surface area contributed by atoms with E-state index in [9.17, 15) is 0 Å². The van der Waals surface area contributed by atoms with E-state index in [0.717, 1.165) is 76.9 Å². The van der Waals surface area contributed by atoms with Gasteiger partial charge in [-0.25, -0.2) is 0 Å². The molecule has 0 aliphatic carbocycles. The maximum Gasteiger partial charge on any atom is 0.127 e. The molecule has 110 heavy (non-hydrogen) atoms. The van der Waals surface area contributed by atoms with Gasteiger partial charge in [-0.1, -0.05) is 269 Å². The minimum absolute atomic E-state index is 0.883. The number of benzene rings is 14. The van der Waals surface area contributed by atoms with Gasteiger partial charge in [0, 0.05) is 100 Å². The minimum atomic E-state index is 0.883. The summed E-state index contributed by atoms with van der Waals surface area (Å²) in [6, 6.07) is 115. The maximum absolute atomic E-state index is 5.78. The molecule has 0 amide bonds. The molecule has 0 N–H and O–H groups in total. The van der Waals surface area contributed by atoms with Crippen molar-refractivity contribution in [1.82, 2.24) is 0 Å². The lowest BCUT2D eigenvalue weighted by Gasteiger charge is -2.30. The van der Waals surface area contributed by atoms with E-state index in [1.165, 1.54) is 123 Å². The number of ether oxygens (including phenoxy) is 1. The normalized spacial score (nSPS) is 11.9. The van der Waals surface area contributed by atoms with E-state index in [-0.39, 0.29) is 0 Å². The highest BCUT2D eigenvalue weighted by atomic mass is 16.5. The summed E-state index contributed by atoms with van der Waals surface area (Å²) >= 11 is 0. The van der Waals surface area contributed by atoms with Crippen molar-refractivity contribution in [3.05, 3.63) is 382 Å². The molecule has 0 atom stereocenters. The van der Waals surface area contributed by atoms with Crippen LogP contribution in [0.15, 0.2) is 360 Å². The van der Waals surface area contributed by atoms with Crippen LogP contribution in [0.3, 0.4) is 0 Å². The third-order valence-electron chi connectivity index (χ3n) is 21.3. The second kappa shape index (κ2) is 32.6. The summed E-state index contributed by atoms with van der Waals surface area (Å²) in [5.41, 5.74) is 35.9. The lowest BCUT2D eigenvalue weighted by molar-refractivity contribution is 0.416. The third kappa shape index (κ3) is 13.9. The highest BCUT2D eigenvalue weighted by molar-refractivity contribution is 6.07. The Morgan fingerprint density at radius 1 is 0.291 bits per heavy atom. The first-order valence-corrected chi connectivity index (χ1v) is 38.1. The standard InChI is InChI=1S/C40H41N3.C27H21NO.C20H15N.C16H13N/c1-6-29-15-17-30(18-16-29)31-19-21-32(22-20-31)43-39-25-23-33(41(7-2)8-3)27-37(39)35-13-11-12-14-36(35)38-28-34(24-26-40(38)43)42(9-4)10-5;1-3-19-15-17-20(18-16-19)28-24-12-6-4-9-21(24)22-11-8-14-26(29-2)27(22)23-10-5-7-13-25(23)28;1-2-21-19-13-7-5-11-17(19)15-9-3-4-10-16(15)18-12-6-8-14-20(18)21;1-2-17-15-9-5-3-7-13(15)11-12-14-8-4-6-10-16(14)17/h6,11-28H,1,7-10H2,2-5H3;3-18H,1H2,2H3;2-14H,1H2;2-12H,1H2. The molecule has 14 aromatic carbocycles. The second-order valence-corrected chi connectivity index (χ2v) is 27.2. The van der Waals surface area contributed by atoms with Crippen molar-refractivity contribution < 1.29 is 4.74 Å². The molecule has 18 rings (SSSR count). The number of hydrogen-bond acceptors (Lipinski definition) is 7. The summed E-state index contributed by atoms with van der Waals surface area (Å²) in [5, 5.41) is 0. The monoisotopic (exact) mass is 1430 g/mol. The Labute approximate surface area is 649 Å². The summed E-state index contributed by atoms with van der Waals surface area (Å²) in [4.78, 5) is 13.9. The average molecular weight is 1430 g/mol. The summed E-state index contributed by atoms with van der Waals surface area (Å²) < 4.78 is 5.78. The van der Waals surface area contributed by atoms with Crippen molar-refractivity contribution >= 4 is 92.6 Å². The summed E-state index contributed by atoms with van der Waals surface area (Å²) in [6.45, 7) is 28.5. The van der Waals surface area contributed by atoms with Crippen LogP contribution in [0.1, 0.15) is 49.9 Å². The molecule has 0 fully saturated rings. The fraction of sp³-hybridized carbons (Fsp3) is 0.0874. The summed E-state index contributed by atoms with van der Waals surface area (Å²) in [7, 11) is 1.74. The molecule has 0 saturated heterocycles. The van der Waals surface area contributed by atoms with Crippen LogP contribution in [0, 0.1) is 0 Å². The minimum Gasteiger partial charge on any atom is -0.496 e. The molecule has 0 saturated carbocycles. The molecule has 4 heterocycles. The molecular formula is C103H90N6O. The van der Waals surface area contributed by atoms with Crippen LogP contribution >= 0.6 is 0 Å². The van der Waals surface area contributed by atoms with Crippen molar-refractivity contribution in [3.63, 3.8) is 0 Å². The van der Waals surface area contributed by atoms with E-state index >= 15 is 0 Å². The number of anilines is 12. The van der Waals surface area contributed by atoms with Crippen LogP contribution in [-0.2, 0) is 0 Å². The van der Waals surface area contributed by atoms with E-state index in [4.69, 9.17) is 4.74 Å². The smallest absolute Gasteiger partial charge is 0.127 e. The van der Waals surface area contributed by atoms with Gasteiger partial charge in [0.05, 0.1) is 52.6 Å². The van der Waals surface area contributed by atoms with Gasteiger partial charge in [-0.2, -0.15) is 0 Å². The first kappa shape index (κ1) is 72.0. The van der Waals surface area contributed by atoms with Gasteiger partial charge in [0.2, 0.25) is 0 Å². The Balaban J connectivity index is 0.000000124. The maximum atomic E-state index is 5.78. The molecule has 7 nitrogen and oxygen atoms in total. The number of fused-ring (bicyclic) bond motifs is 17. The molecule has 14 aromatic rings. The van der Waals surface area contributed by atoms with Gasteiger partial charge in [0.1, 0.15) is 5.75 Å². The number of methoxy groups -OCH3 is 1. The molecule has 7 heteroatoms. The van der Waals surface area contributed by atoms with E-state index < -0.39 is 0 Å². The van der Waals surface area contributed by atoms with Crippen molar-refractivity contribution in [3.8, 4) is 83.6 Å². The Kier molecular flexibility index (Phi) is 21.3. The van der Waals surface area contributed by atoms with Gasteiger partial charge in [-0.3, -0.25) is 0 Å². The van der Waals surface area contributed by atoms with Gasteiger partial charge in [0.15, 0.2) is 0 Å². The topological polar surface area (TPSA) is 28.7 Å². The lowest BCUT2D eigenvalue weighted by atomic mass is 9.94. The van der Waals surface area contributed by atoms with Crippen molar-refractivity contribution in [1.29, 1.82) is 0 Å². The highest BCUT2D eigenvalue weighted by Crippen LogP contribution is 2.56. The third-order valence-corrected chi connectivity index (χ3v) is 21.3. The molecule has 0 aromatic heterocycles. The molecule has 4 aliphatic heterocycles. The zero-order valence-electron chi connectivity index (χ0n) is 63.3. The molecule has 0 unspecified atom stereocenters. The summed E-state index contributed by atoms with van der Waals surface area (Å²) in [5.74, 6) is 0.883. The average Bonchev–Trinajstić information content (AvgIpc) is 1.58. The van der Waals surface area contributed by atoms with E-state index in [1.54, 1.807) is 7.11 Å². The first-order chi connectivity index (χ1) is 54.2. The predicted molar refractivity (Wildman–Crippen MR) is 474 cm³/mol. The molecule has 538 valence electrons. The largest absolute Gasteiger partial charge is 0.496 e. The predicted octanol–water partition coefficient (Wildman–Crippen LogP) is 28.3. The van der Waals surface area contributed by atoms with Gasteiger partial charge >= 0.3 is 0 Å². The second-order valence-electron chi connectivity index (χ2n) is 27.2. The Morgan fingerprint density at radius 3 is 1.03 bits per heavy atom. The van der Waals surface area contributed by atoms with Crippen LogP contribution < -0.4 is 34.1 Å².